The average molecular weight is 255 g/mol. The van der Waals surface area contributed by atoms with Gasteiger partial charge in [-0.3, -0.25) is 0 Å². The van der Waals surface area contributed by atoms with Gasteiger partial charge in [0.05, 0.1) is 10.5 Å². The van der Waals surface area contributed by atoms with E-state index in [2.05, 4.69) is 0 Å². The molecule has 0 saturated carbocycles. The Morgan fingerprint density at radius 3 is 2.36 bits per heavy atom. The second kappa shape index (κ2) is 3.76. The molecule has 1 aromatic carbocycles. The highest BCUT2D eigenvalue weighted by molar-refractivity contribution is 8.13. The van der Waals surface area contributed by atoms with Crippen LogP contribution in [0.3, 0.4) is 0 Å². The van der Waals surface area contributed by atoms with E-state index in [9.17, 15) is 13.2 Å². The standard InChI is InChI=1S/C7H4Cl2O4S/c8-4-1-2-5(7(10)11)6(3-4)14(9,12)13/h1-3H,(H,10,11). The maximum Gasteiger partial charge on any atom is 0.337 e. The third kappa shape index (κ3) is 2.37. The largest absolute Gasteiger partial charge is 0.478 e. The molecule has 7 heteroatoms. The number of hydrogen-bond acceptors (Lipinski definition) is 3. The number of aromatic carboxylic acids is 1. The molecule has 0 radical (unpaired) electrons. The molecule has 0 bridgehead atoms. The molecule has 0 atom stereocenters. The van der Waals surface area contributed by atoms with Crippen LogP contribution in [0.1, 0.15) is 10.4 Å². The summed E-state index contributed by atoms with van der Waals surface area (Å²) in [6, 6.07) is 3.35. The van der Waals surface area contributed by atoms with E-state index in [1.54, 1.807) is 0 Å². The Morgan fingerprint density at radius 2 is 1.93 bits per heavy atom. The number of carboxylic acid groups (broad SMARTS) is 1. The Morgan fingerprint density at radius 1 is 1.36 bits per heavy atom. The number of rotatable bonds is 2. The van der Waals surface area contributed by atoms with Crippen LogP contribution < -0.4 is 0 Å². The number of carbonyl (C=O) groups is 1. The lowest BCUT2D eigenvalue weighted by Crippen LogP contribution is -2.04. The first kappa shape index (κ1) is 11.3. The maximum atomic E-state index is 11.0. The normalized spacial score (nSPS) is 11.3. The molecule has 0 unspecified atom stereocenters. The number of carboxylic acids is 1. The van der Waals surface area contributed by atoms with E-state index in [1.165, 1.54) is 6.07 Å². The highest BCUT2D eigenvalue weighted by atomic mass is 35.7. The van der Waals surface area contributed by atoms with Crippen molar-refractivity contribution < 1.29 is 18.3 Å². The van der Waals surface area contributed by atoms with Crippen LogP contribution in [-0.2, 0) is 9.05 Å². The maximum absolute atomic E-state index is 11.0. The van der Waals surface area contributed by atoms with Gasteiger partial charge in [0, 0.05) is 15.7 Å². The quantitative estimate of drug-likeness (QED) is 0.820. The van der Waals surface area contributed by atoms with Crippen molar-refractivity contribution in [1.29, 1.82) is 0 Å². The molecule has 0 aromatic heterocycles. The highest BCUT2D eigenvalue weighted by Crippen LogP contribution is 2.23. The third-order valence-electron chi connectivity index (χ3n) is 1.44. The SMILES string of the molecule is O=C(O)c1ccc(Cl)cc1S(=O)(=O)Cl. The highest BCUT2D eigenvalue weighted by Gasteiger charge is 2.20. The first-order valence-corrected chi connectivity index (χ1v) is 5.98. The van der Waals surface area contributed by atoms with Crippen molar-refractivity contribution in [3.05, 3.63) is 28.8 Å². The van der Waals surface area contributed by atoms with Gasteiger partial charge in [-0.05, 0) is 18.2 Å². The smallest absolute Gasteiger partial charge is 0.337 e. The van der Waals surface area contributed by atoms with Gasteiger partial charge in [-0.1, -0.05) is 11.6 Å². The van der Waals surface area contributed by atoms with Crippen LogP contribution in [0, 0.1) is 0 Å². The van der Waals surface area contributed by atoms with Crippen LogP contribution in [0.4, 0.5) is 0 Å². The molecule has 0 spiro atoms. The number of hydrogen-bond donors (Lipinski definition) is 1. The summed E-state index contributed by atoms with van der Waals surface area (Å²) in [7, 11) is 0.936. The van der Waals surface area contributed by atoms with Crippen molar-refractivity contribution in [2.24, 2.45) is 0 Å². The minimum atomic E-state index is -4.09. The van der Waals surface area contributed by atoms with E-state index in [0.717, 1.165) is 12.1 Å². The number of benzene rings is 1. The van der Waals surface area contributed by atoms with Crippen molar-refractivity contribution in [2.45, 2.75) is 4.90 Å². The Hall–Kier alpha value is -0.780. The zero-order valence-electron chi connectivity index (χ0n) is 6.57. The van der Waals surface area contributed by atoms with E-state index in [0.29, 0.717) is 0 Å². The molecular weight excluding hydrogens is 251 g/mol. The van der Waals surface area contributed by atoms with Crippen LogP contribution in [0.2, 0.25) is 5.02 Å². The summed E-state index contributed by atoms with van der Waals surface area (Å²) >= 11 is 5.51. The van der Waals surface area contributed by atoms with Crippen molar-refractivity contribution in [2.75, 3.05) is 0 Å². The topological polar surface area (TPSA) is 71.4 Å². The van der Waals surface area contributed by atoms with Crippen LogP contribution in [0.15, 0.2) is 23.1 Å². The molecule has 0 saturated heterocycles. The van der Waals surface area contributed by atoms with Crippen LogP contribution in [0.25, 0.3) is 0 Å². The molecule has 0 aliphatic rings. The Kier molecular flexibility index (Phi) is 3.04. The first-order chi connectivity index (χ1) is 6.32. The molecule has 0 aliphatic carbocycles. The molecule has 0 heterocycles. The summed E-state index contributed by atoms with van der Waals surface area (Å²) < 4.78 is 21.9. The molecule has 1 rings (SSSR count). The van der Waals surface area contributed by atoms with Gasteiger partial charge in [0.2, 0.25) is 0 Å². The van der Waals surface area contributed by atoms with Crippen molar-refractivity contribution >= 4 is 37.3 Å². The molecule has 0 aliphatic heterocycles. The van der Waals surface area contributed by atoms with E-state index in [4.69, 9.17) is 27.4 Å². The predicted octanol–water partition coefficient (Wildman–Crippen LogP) is 1.97. The summed E-state index contributed by atoms with van der Waals surface area (Å²) in [4.78, 5) is 10.1. The van der Waals surface area contributed by atoms with Gasteiger partial charge in [-0.15, -0.1) is 0 Å². The number of halogens is 2. The van der Waals surface area contributed by atoms with Gasteiger partial charge >= 0.3 is 5.97 Å². The van der Waals surface area contributed by atoms with Gasteiger partial charge in [0.1, 0.15) is 0 Å². The summed E-state index contributed by atoms with van der Waals surface area (Å²) in [5, 5.41) is 8.76. The fourth-order valence-corrected chi connectivity index (χ4v) is 2.18. The van der Waals surface area contributed by atoms with Crippen molar-refractivity contribution in [1.82, 2.24) is 0 Å². The molecule has 4 nitrogen and oxygen atoms in total. The molecule has 14 heavy (non-hydrogen) atoms. The zero-order chi connectivity index (χ0) is 10.9. The molecule has 76 valence electrons. The van der Waals surface area contributed by atoms with Crippen molar-refractivity contribution in [3.63, 3.8) is 0 Å². The summed E-state index contributed by atoms with van der Waals surface area (Å²) in [5.41, 5.74) is -0.399. The van der Waals surface area contributed by atoms with Crippen LogP contribution in [0.5, 0.6) is 0 Å². The average Bonchev–Trinajstić information content (AvgIpc) is 2.01. The van der Waals surface area contributed by atoms with Crippen LogP contribution in [-0.4, -0.2) is 19.5 Å². The molecule has 0 fully saturated rings. The molecule has 0 amide bonds. The Labute approximate surface area is 89.5 Å². The van der Waals surface area contributed by atoms with E-state index < -0.39 is 25.5 Å². The van der Waals surface area contributed by atoms with E-state index >= 15 is 0 Å². The fraction of sp³-hybridized carbons (Fsp3) is 0. The fourth-order valence-electron chi connectivity index (χ4n) is 0.875. The predicted molar refractivity (Wildman–Crippen MR) is 51.5 cm³/mol. The lowest BCUT2D eigenvalue weighted by atomic mass is 10.2. The second-order valence-corrected chi connectivity index (χ2v) is 5.35. The zero-order valence-corrected chi connectivity index (χ0v) is 8.90. The van der Waals surface area contributed by atoms with E-state index in [-0.39, 0.29) is 5.02 Å². The minimum Gasteiger partial charge on any atom is -0.478 e. The monoisotopic (exact) mass is 254 g/mol. The lowest BCUT2D eigenvalue weighted by Gasteiger charge is -2.01. The van der Waals surface area contributed by atoms with E-state index in [1.807, 2.05) is 0 Å². The Balaban J connectivity index is 3.54. The lowest BCUT2D eigenvalue weighted by molar-refractivity contribution is 0.0693. The minimum absolute atomic E-state index is 0.106. The Bertz CT molecular complexity index is 480. The summed E-state index contributed by atoms with van der Waals surface area (Å²) in [5.74, 6) is -1.37. The summed E-state index contributed by atoms with van der Waals surface area (Å²) in [6.07, 6.45) is 0. The third-order valence-corrected chi connectivity index (χ3v) is 3.03. The van der Waals surface area contributed by atoms with Crippen molar-refractivity contribution in [3.8, 4) is 0 Å². The van der Waals surface area contributed by atoms with Gasteiger partial charge in [0.15, 0.2) is 0 Å². The molecular formula is C7H4Cl2O4S. The van der Waals surface area contributed by atoms with Gasteiger partial charge in [0.25, 0.3) is 9.05 Å². The molecule has 1 aromatic rings. The van der Waals surface area contributed by atoms with Gasteiger partial charge in [-0.2, -0.15) is 0 Å². The van der Waals surface area contributed by atoms with Crippen LogP contribution >= 0.6 is 22.3 Å². The second-order valence-electron chi connectivity index (χ2n) is 2.38. The molecule has 1 N–H and O–H groups in total. The van der Waals surface area contributed by atoms with Gasteiger partial charge in [-0.25, -0.2) is 13.2 Å². The summed E-state index contributed by atoms with van der Waals surface area (Å²) in [6.45, 7) is 0. The first-order valence-electron chi connectivity index (χ1n) is 3.30. The van der Waals surface area contributed by atoms with Gasteiger partial charge < -0.3 is 5.11 Å².